The van der Waals surface area contributed by atoms with E-state index >= 15 is 0 Å². The molecule has 0 bridgehead atoms. The van der Waals surface area contributed by atoms with E-state index in [1.54, 1.807) is 0 Å². The van der Waals surface area contributed by atoms with Crippen molar-refractivity contribution < 1.29 is 31.4 Å². The van der Waals surface area contributed by atoms with E-state index in [0.29, 0.717) is 11.5 Å². The van der Waals surface area contributed by atoms with Gasteiger partial charge in [0.1, 0.15) is 5.75 Å². The largest absolute Gasteiger partial charge is 0.573 e. The molecule has 0 N–H and O–H groups in total. The molecular formula is C27H33F5O2. The van der Waals surface area contributed by atoms with Crippen molar-refractivity contribution in [1.82, 2.24) is 0 Å². The molecule has 188 valence electrons. The summed E-state index contributed by atoms with van der Waals surface area (Å²) in [6, 6.07) is 12.1. The van der Waals surface area contributed by atoms with Gasteiger partial charge in [0.05, 0.1) is 13.0 Å². The normalized spacial score (nSPS) is 19.2. The molecule has 0 aliphatic heterocycles. The van der Waals surface area contributed by atoms with Gasteiger partial charge in [0.2, 0.25) is 0 Å². The fourth-order valence-corrected chi connectivity index (χ4v) is 4.64. The van der Waals surface area contributed by atoms with Gasteiger partial charge in [0.15, 0.2) is 0 Å². The van der Waals surface area contributed by atoms with Crippen LogP contribution in [0, 0.1) is 5.92 Å². The molecule has 34 heavy (non-hydrogen) atoms. The van der Waals surface area contributed by atoms with Crippen molar-refractivity contribution in [1.29, 1.82) is 0 Å². The first-order valence-corrected chi connectivity index (χ1v) is 12.1. The van der Waals surface area contributed by atoms with E-state index < -0.39 is 24.6 Å². The third kappa shape index (κ3) is 8.90. The van der Waals surface area contributed by atoms with Gasteiger partial charge in [-0.25, -0.2) is 0 Å². The zero-order valence-corrected chi connectivity index (χ0v) is 19.6. The maximum atomic E-state index is 14.3. The van der Waals surface area contributed by atoms with Crippen molar-refractivity contribution >= 4 is 0 Å². The summed E-state index contributed by atoms with van der Waals surface area (Å²) in [5.41, 5.74) is 2.06. The van der Waals surface area contributed by atoms with E-state index in [-0.39, 0.29) is 12.2 Å². The lowest BCUT2D eigenvalue weighted by Gasteiger charge is -2.29. The summed E-state index contributed by atoms with van der Waals surface area (Å²) in [4.78, 5) is 0. The highest BCUT2D eigenvalue weighted by Crippen LogP contribution is 2.38. The molecule has 0 aromatic heterocycles. The lowest BCUT2D eigenvalue weighted by molar-refractivity contribution is -0.274. The Morgan fingerprint density at radius 3 is 2.00 bits per heavy atom. The Morgan fingerprint density at radius 1 is 0.794 bits per heavy atom. The molecule has 0 heterocycles. The van der Waals surface area contributed by atoms with Crippen molar-refractivity contribution in [2.45, 2.75) is 89.7 Å². The summed E-state index contributed by atoms with van der Waals surface area (Å²) < 4.78 is 73.7. The van der Waals surface area contributed by atoms with Crippen LogP contribution in [-0.2, 0) is 17.8 Å². The number of benzene rings is 2. The number of hydrogen-bond acceptors (Lipinski definition) is 2. The molecule has 1 saturated carbocycles. The van der Waals surface area contributed by atoms with Crippen molar-refractivity contribution in [3.05, 3.63) is 65.2 Å². The maximum absolute atomic E-state index is 14.3. The predicted octanol–water partition coefficient (Wildman–Crippen LogP) is 8.79. The second-order valence-electron chi connectivity index (χ2n) is 9.25. The predicted molar refractivity (Wildman–Crippen MR) is 122 cm³/mol. The second kappa shape index (κ2) is 12.0. The van der Waals surface area contributed by atoms with Gasteiger partial charge in [0, 0.05) is 0 Å². The fraction of sp³-hybridized carbons (Fsp3) is 0.556. The van der Waals surface area contributed by atoms with E-state index in [2.05, 4.69) is 11.7 Å². The number of rotatable bonds is 11. The molecule has 0 spiro atoms. The van der Waals surface area contributed by atoms with E-state index in [1.807, 2.05) is 24.3 Å². The van der Waals surface area contributed by atoms with Crippen LogP contribution in [0.2, 0.25) is 0 Å². The Hall–Kier alpha value is -2.15. The van der Waals surface area contributed by atoms with E-state index in [1.165, 1.54) is 69.1 Å². The first-order chi connectivity index (χ1) is 16.1. The molecule has 0 unspecified atom stereocenters. The number of alkyl halides is 5. The first kappa shape index (κ1) is 26.5. The van der Waals surface area contributed by atoms with Crippen LogP contribution in [0.3, 0.4) is 0 Å². The molecule has 1 aliphatic carbocycles. The summed E-state index contributed by atoms with van der Waals surface area (Å²) >= 11 is 0. The van der Waals surface area contributed by atoms with Crippen LogP contribution >= 0.6 is 0 Å². The minimum Gasteiger partial charge on any atom is -0.406 e. The van der Waals surface area contributed by atoms with Crippen LogP contribution in [0.4, 0.5) is 22.0 Å². The Labute approximate surface area is 198 Å². The molecule has 1 aliphatic rings. The highest BCUT2D eigenvalue weighted by atomic mass is 19.4. The molecule has 3 rings (SSSR count). The Kier molecular flexibility index (Phi) is 9.34. The molecule has 2 aromatic rings. The van der Waals surface area contributed by atoms with Crippen molar-refractivity contribution in [2.75, 3.05) is 0 Å². The average molecular weight is 485 g/mol. The fourth-order valence-electron chi connectivity index (χ4n) is 4.64. The maximum Gasteiger partial charge on any atom is 0.573 e. The standard InChI is InChI=1S/C27H33F5O2/c1-2-3-4-5-20-6-12-23(13-7-20)24-14-8-22(9-15-24)19-33-26(28,29)18-21-10-16-25(17-11-21)34-27(30,31)32/h8-11,14-17,20,23H,2-7,12-13,18-19H2,1H3. The zero-order chi connectivity index (χ0) is 24.6. The molecule has 7 heteroatoms. The van der Waals surface area contributed by atoms with Gasteiger partial charge in [-0.05, 0) is 66.3 Å². The number of hydrogen-bond donors (Lipinski definition) is 0. The number of ether oxygens (including phenoxy) is 2. The van der Waals surface area contributed by atoms with Gasteiger partial charge in [0.25, 0.3) is 0 Å². The third-order valence-electron chi connectivity index (χ3n) is 6.53. The topological polar surface area (TPSA) is 18.5 Å². The highest BCUT2D eigenvalue weighted by molar-refractivity contribution is 5.28. The second-order valence-corrected chi connectivity index (χ2v) is 9.25. The molecule has 2 nitrogen and oxygen atoms in total. The summed E-state index contributed by atoms with van der Waals surface area (Å²) in [5, 5.41) is 0. The van der Waals surface area contributed by atoms with Crippen LogP contribution < -0.4 is 4.74 Å². The van der Waals surface area contributed by atoms with Crippen molar-refractivity contribution in [3.63, 3.8) is 0 Å². The van der Waals surface area contributed by atoms with Gasteiger partial charge in [-0.2, -0.15) is 8.78 Å². The number of unbranched alkanes of at least 4 members (excludes halogenated alkanes) is 2. The minimum atomic E-state index is -4.82. The lowest BCUT2D eigenvalue weighted by Crippen LogP contribution is -2.24. The first-order valence-electron chi connectivity index (χ1n) is 12.1. The van der Waals surface area contributed by atoms with Crippen LogP contribution in [0.25, 0.3) is 0 Å². The Bertz CT molecular complexity index is 854. The van der Waals surface area contributed by atoms with Crippen molar-refractivity contribution in [2.24, 2.45) is 5.92 Å². The molecule has 0 saturated heterocycles. The molecular weight excluding hydrogens is 451 g/mol. The SMILES string of the molecule is CCCCCC1CCC(c2ccc(COC(F)(F)Cc3ccc(OC(F)(F)F)cc3)cc2)CC1. The molecule has 0 atom stereocenters. The Balaban J connectivity index is 1.44. The summed E-state index contributed by atoms with van der Waals surface area (Å²) in [6.45, 7) is 1.98. The van der Waals surface area contributed by atoms with Gasteiger partial charge in [-0.15, -0.1) is 13.2 Å². The molecule has 1 fully saturated rings. The zero-order valence-electron chi connectivity index (χ0n) is 19.6. The van der Waals surface area contributed by atoms with Crippen LogP contribution in [0.1, 0.15) is 80.9 Å². The summed E-state index contributed by atoms with van der Waals surface area (Å²) in [6.07, 6.45) is 1.09. The van der Waals surface area contributed by atoms with E-state index in [0.717, 1.165) is 18.1 Å². The summed E-state index contributed by atoms with van der Waals surface area (Å²) in [7, 11) is 0. The average Bonchev–Trinajstić information content (AvgIpc) is 2.79. The Morgan fingerprint density at radius 2 is 1.41 bits per heavy atom. The van der Waals surface area contributed by atoms with Crippen LogP contribution in [0.15, 0.2) is 48.5 Å². The number of halogens is 5. The smallest absolute Gasteiger partial charge is 0.406 e. The van der Waals surface area contributed by atoms with Crippen LogP contribution in [0.5, 0.6) is 5.75 Å². The van der Waals surface area contributed by atoms with E-state index in [4.69, 9.17) is 4.74 Å². The lowest BCUT2D eigenvalue weighted by atomic mass is 9.77. The van der Waals surface area contributed by atoms with Crippen LogP contribution in [-0.4, -0.2) is 12.5 Å². The third-order valence-corrected chi connectivity index (χ3v) is 6.53. The molecule has 0 radical (unpaired) electrons. The van der Waals surface area contributed by atoms with Crippen molar-refractivity contribution in [3.8, 4) is 5.75 Å². The molecule has 2 aromatic carbocycles. The van der Waals surface area contributed by atoms with E-state index in [9.17, 15) is 22.0 Å². The minimum absolute atomic E-state index is 0.153. The quantitative estimate of drug-likeness (QED) is 0.234. The monoisotopic (exact) mass is 484 g/mol. The highest BCUT2D eigenvalue weighted by Gasteiger charge is 2.32. The van der Waals surface area contributed by atoms with Gasteiger partial charge in [-0.1, -0.05) is 69.0 Å². The summed E-state index contributed by atoms with van der Waals surface area (Å²) in [5.74, 6) is 0.916. The van der Waals surface area contributed by atoms with Gasteiger partial charge in [-0.3, -0.25) is 0 Å². The van der Waals surface area contributed by atoms with Gasteiger partial charge >= 0.3 is 12.5 Å². The molecule has 0 amide bonds. The van der Waals surface area contributed by atoms with Gasteiger partial charge < -0.3 is 9.47 Å².